The van der Waals surface area contributed by atoms with Gasteiger partial charge in [-0.05, 0) is 18.8 Å². The van der Waals surface area contributed by atoms with E-state index in [2.05, 4.69) is 28.3 Å². The van der Waals surface area contributed by atoms with Gasteiger partial charge in [0.15, 0.2) is 0 Å². The van der Waals surface area contributed by atoms with Crippen LogP contribution in [0.5, 0.6) is 0 Å². The maximum atomic E-state index is 5.99. The van der Waals surface area contributed by atoms with E-state index in [1.165, 1.54) is 18.5 Å². The van der Waals surface area contributed by atoms with Gasteiger partial charge in [0.2, 0.25) is 0 Å². The van der Waals surface area contributed by atoms with E-state index < -0.39 is 0 Å². The van der Waals surface area contributed by atoms with Crippen LogP contribution < -0.4 is 5.73 Å². The summed E-state index contributed by atoms with van der Waals surface area (Å²) in [6.07, 6.45) is 6.45. The van der Waals surface area contributed by atoms with E-state index >= 15 is 0 Å². The monoisotopic (exact) mass is 236 g/mol. The van der Waals surface area contributed by atoms with Crippen molar-refractivity contribution in [2.24, 2.45) is 18.7 Å². The molecular formula is C13H24N4. The Morgan fingerprint density at radius 3 is 2.65 bits per heavy atom. The minimum Gasteiger partial charge on any atom is -0.336 e. The van der Waals surface area contributed by atoms with Gasteiger partial charge in [0.05, 0.1) is 18.1 Å². The van der Waals surface area contributed by atoms with E-state index in [9.17, 15) is 0 Å². The Labute approximate surface area is 104 Å². The van der Waals surface area contributed by atoms with Crippen LogP contribution in [-0.2, 0) is 7.05 Å². The molecule has 1 aromatic heterocycles. The summed E-state index contributed by atoms with van der Waals surface area (Å²) in [4.78, 5) is 6.78. The van der Waals surface area contributed by atoms with E-state index in [1.54, 1.807) is 0 Å². The van der Waals surface area contributed by atoms with E-state index in [4.69, 9.17) is 5.73 Å². The highest BCUT2D eigenvalue weighted by molar-refractivity contribution is 5.08. The second-order valence-electron chi connectivity index (χ2n) is 5.50. The van der Waals surface area contributed by atoms with Crippen LogP contribution in [-0.4, -0.2) is 33.6 Å². The molecular weight excluding hydrogens is 212 g/mol. The number of aryl methyl sites for hydroxylation is 1. The predicted molar refractivity (Wildman–Crippen MR) is 69.6 cm³/mol. The number of imidazole rings is 1. The third-order valence-electron chi connectivity index (χ3n) is 3.41. The average Bonchev–Trinajstić information content (AvgIpc) is 3.03. The zero-order chi connectivity index (χ0) is 12.4. The summed E-state index contributed by atoms with van der Waals surface area (Å²) in [5.41, 5.74) is 7.23. The summed E-state index contributed by atoms with van der Waals surface area (Å²) >= 11 is 0. The molecule has 0 amide bonds. The van der Waals surface area contributed by atoms with Gasteiger partial charge >= 0.3 is 0 Å². The molecule has 4 nitrogen and oxygen atoms in total. The Morgan fingerprint density at radius 2 is 2.24 bits per heavy atom. The summed E-state index contributed by atoms with van der Waals surface area (Å²) in [7, 11) is 2.05. The lowest BCUT2D eigenvalue weighted by Gasteiger charge is -2.32. The first-order valence-electron chi connectivity index (χ1n) is 6.55. The number of rotatable bonds is 6. The first-order valence-corrected chi connectivity index (χ1v) is 6.55. The fourth-order valence-corrected chi connectivity index (χ4v) is 2.47. The predicted octanol–water partition coefficient (Wildman–Crippen LogP) is 1.54. The third-order valence-corrected chi connectivity index (χ3v) is 3.41. The molecule has 1 fully saturated rings. The fourth-order valence-electron chi connectivity index (χ4n) is 2.47. The second kappa shape index (κ2) is 5.19. The smallest absolute Gasteiger partial charge is 0.0946 e. The highest BCUT2D eigenvalue weighted by atomic mass is 15.2. The van der Waals surface area contributed by atoms with Crippen molar-refractivity contribution >= 4 is 0 Å². The zero-order valence-electron chi connectivity index (χ0n) is 11.1. The highest BCUT2D eigenvalue weighted by Crippen LogP contribution is 2.34. The maximum Gasteiger partial charge on any atom is 0.0946 e. The zero-order valence-corrected chi connectivity index (χ0v) is 11.1. The van der Waals surface area contributed by atoms with E-state index in [-0.39, 0.29) is 0 Å². The molecule has 0 radical (unpaired) electrons. The van der Waals surface area contributed by atoms with Gasteiger partial charge in [0.25, 0.3) is 0 Å². The maximum absolute atomic E-state index is 5.99. The SMILES string of the molecule is CC(C)CN(C1CC1)C(CN)c1cncn1C. The molecule has 1 heterocycles. The Bertz CT molecular complexity index is 354. The molecule has 0 aromatic carbocycles. The molecule has 1 unspecified atom stereocenters. The second-order valence-corrected chi connectivity index (χ2v) is 5.50. The van der Waals surface area contributed by atoms with Gasteiger partial charge in [-0.1, -0.05) is 13.8 Å². The van der Waals surface area contributed by atoms with Crippen LogP contribution in [0, 0.1) is 5.92 Å². The van der Waals surface area contributed by atoms with Gasteiger partial charge in [0, 0.05) is 32.4 Å². The van der Waals surface area contributed by atoms with Crippen LogP contribution in [0.25, 0.3) is 0 Å². The molecule has 0 bridgehead atoms. The number of aromatic nitrogens is 2. The standard InChI is InChI=1S/C13H24N4/c1-10(2)8-17(11-4-5-11)12(6-14)13-7-15-9-16(13)3/h7,9-12H,4-6,8,14H2,1-3H3. The van der Waals surface area contributed by atoms with E-state index in [1.807, 2.05) is 19.6 Å². The van der Waals surface area contributed by atoms with Crippen LogP contribution in [0.1, 0.15) is 38.4 Å². The number of hydrogen-bond donors (Lipinski definition) is 1. The quantitative estimate of drug-likeness (QED) is 0.815. The van der Waals surface area contributed by atoms with Crippen LogP contribution in [0.4, 0.5) is 0 Å². The number of hydrogen-bond acceptors (Lipinski definition) is 3. The topological polar surface area (TPSA) is 47.1 Å². The molecule has 1 saturated carbocycles. The summed E-state index contributed by atoms with van der Waals surface area (Å²) < 4.78 is 2.09. The van der Waals surface area contributed by atoms with Gasteiger partial charge in [-0.2, -0.15) is 0 Å². The molecule has 0 aliphatic heterocycles. The molecule has 2 N–H and O–H groups in total. The molecule has 0 saturated heterocycles. The molecule has 1 aliphatic rings. The lowest BCUT2D eigenvalue weighted by molar-refractivity contribution is 0.164. The number of nitrogens with two attached hydrogens (primary N) is 1. The molecule has 1 atom stereocenters. The minimum absolute atomic E-state index is 0.317. The lowest BCUT2D eigenvalue weighted by atomic mass is 10.1. The van der Waals surface area contributed by atoms with Gasteiger partial charge < -0.3 is 10.3 Å². The average molecular weight is 236 g/mol. The van der Waals surface area contributed by atoms with Crippen molar-refractivity contribution in [3.8, 4) is 0 Å². The van der Waals surface area contributed by atoms with Crippen LogP contribution >= 0.6 is 0 Å². The molecule has 1 aromatic rings. The lowest BCUT2D eigenvalue weighted by Crippen LogP contribution is -2.38. The van der Waals surface area contributed by atoms with Crippen molar-refractivity contribution in [1.82, 2.24) is 14.5 Å². The van der Waals surface area contributed by atoms with Gasteiger partial charge in [0.1, 0.15) is 0 Å². The fraction of sp³-hybridized carbons (Fsp3) is 0.769. The van der Waals surface area contributed by atoms with Crippen molar-refractivity contribution in [3.05, 3.63) is 18.2 Å². The molecule has 1 aliphatic carbocycles. The molecule has 2 rings (SSSR count). The molecule has 0 spiro atoms. The third kappa shape index (κ3) is 2.87. The van der Waals surface area contributed by atoms with Crippen molar-refractivity contribution in [3.63, 3.8) is 0 Å². The van der Waals surface area contributed by atoms with Crippen LogP contribution in [0.2, 0.25) is 0 Å². The van der Waals surface area contributed by atoms with Crippen LogP contribution in [0.3, 0.4) is 0 Å². The van der Waals surface area contributed by atoms with Gasteiger partial charge in [-0.3, -0.25) is 4.90 Å². The van der Waals surface area contributed by atoms with E-state index in [0.29, 0.717) is 18.5 Å². The first kappa shape index (κ1) is 12.6. The minimum atomic E-state index is 0.317. The first-order chi connectivity index (χ1) is 8.13. The Balaban J connectivity index is 2.17. The normalized spacial score (nSPS) is 18.0. The molecule has 4 heteroatoms. The summed E-state index contributed by atoms with van der Waals surface area (Å²) in [5, 5.41) is 0. The van der Waals surface area contributed by atoms with Crippen molar-refractivity contribution in [1.29, 1.82) is 0 Å². The van der Waals surface area contributed by atoms with Gasteiger partial charge in [-0.25, -0.2) is 4.98 Å². The summed E-state index contributed by atoms with van der Waals surface area (Å²) in [5.74, 6) is 0.679. The Kier molecular flexibility index (Phi) is 3.84. The summed E-state index contributed by atoms with van der Waals surface area (Å²) in [6.45, 7) is 6.33. The van der Waals surface area contributed by atoms with Crippen molar-refractivity contribution < 1.29 is 0 Å². The Morgan fingerprint density at radius 1 is 1.53 bits per heavy atom. The summed E-state index contributed by atoms with van der Waals surface area (Å²) in [6, 6.07) is 1.05. The molecule has 96 valence electrons. The van der Waals surface area contributed by atoms with Gasteiger partial charge in [-0.15, -0.1) is 0 Å². The molecule has 17 heavy (non-hydrogen) atoms. The van der Waals surface area contributed by atoms with Crippen LogP contribution in [0.15, 0.2) is 12.5 Å². The highest BCUT2D eigenvalue weighted by Gasteiger charge is 2.35. The Hall–Kier alpha value is -0.870. The van der Waals surface area contributed by atoms with Crippen molar-refractivity contribution in [2.45, 2.75) is 38.8 Å². The van der Waals surface area contributed by atoms with Crippen molar-refractivity contribution in [2.75, 3.05) is 13.1 Å². The largest absolute Gasteiger partial charge is 0.336 e. The van der Waals surface area contributed by atoms with E-state index in [0.717, 1.165) is 12.6 Å². The number of nitrogens with zero attached hydrogens (tertiary/aromatic N) is 3.